The number of hydrogen-bond donors (Lipinski definition) is 0. The van der Waals surface area contributed by atoms with Crippen molar-refractivity contribution in [2.75, 3.05) is 12.0 Å². The summed E-state index contributed by atoms with van der Waals surface area (Å²) in [6, 6.07) is 13.3. The monoisotopic (exact) mass is 379 g/mol. The predicted molar refractivity (Wildman–Crippen MR) is 102 cm³/mol. The Morgan fingerprint density at radius 3 is 2.32 bits per heavy atom. The number of esters is 1. The lowest BCUT2D eigenvalue weighted by atomic mass is 9.81. The smallest absolute Gasteiger partial charge is 0.347 e. The van der Waals surface area contributed by atoms with Crippen molar-refractivity contribution in [3.63, 3.8) is 0 Å². The van der Waals surface area contributed by atoms with Crippen LogP contribution in [-0.4, -0.2) is 24.9 Å². The molecule has 28 heavy (non-hydrogen) atoms. The average molecular weight is 379 g/mol. The lowest BCUT2D eigenvalue weighted by molar-refractivity contribution is -0.122. The molecular formula is C22H21NO5. The number of rotatable bonds is 4. The molecule has 4 rings (SSSR count). The van der Waals surface area contributed by atoms with E-state index in [0.717, 1.165) is 25.7 Å². The van der Waals surface area contributed by atoms with Gasteiger partial charge >= 0.3 is 5.97 Å². The summed E-state index contributed by atoms with van der Waals surface area (Å²) in [6.07, 6.45) is 3.47. The van der Waals surface area contributed by atoms with Gasteiger partial charge in [0, 0.05) is 6.07 Å². The van der Waals surface area contributed by atoms with E-state index < -0.39 is 5.97 Å². The predicted octanol–water partition coefficient (Wildman–Crippen LogP) is 3.59. The maximum Gasteiger partial charge on any atom is 0.347 e. The molecule has 2 atom stereocenters. The molecule has 0 radical (unpaired) electrons. The number of para-hydroxylation sites is 1. The van der Waals surface area contributed by atoms with Gasteiger partial charge < -0.3 is 9.47 Å². The van der Waals surface area contributed by atoms with Crippen LogP contribution in [0, 0.1) is 11.8 Å². The number of fused-ring (bicyclic) bond motifs is 1. The molecule has 2 amide bonds. The number of imide groups is 1. The molecule has 144 valence electrons. The average Bonchev–Trinajstić information content (AvgIpc) is 2.99. The number of anilines is 1. The van der Waals surface area contributed by atoms with Crippen LogP contribution in [0.25, 0.3) is 0 Å². The van der Waals surface area contributed by atoms with E-state index in [4.69, 9.17) is 9.47 Å². The molecule has 0 aromatic heterocycles. The highest BCUT2D eigenvalue weighted by Gasteiger charge is 2.48. The Kier molecular flexibility index (Phi) is 4.86. The third-order valence-corrected chi connectivity index (χ3v) is 5.45. The number of methoxy groups -OCH3 is 1. The summed E-state index contributed by atoms with van der Waals surface area (Å²) in [7, 11) is 1.48. The van der Waals surface area contributed by atoms with E-state index >= 15 is 0 Å². The highest BCUT2D eigenvalue weighted by molar-refractivity contribution is 6.22. The van der Waals surface area contributed by atoms with Gasteiger partial charge in [-0.05, 0) is 37.1 Å². The second kappa shape index (κ2) is 7.46. The topological polar surface area (TPSA) is 72.9 Å². The Labute approximate surface area is 163 Å². The molecule has 1 saturated carbocycles. The highest BCUT2D eigenvalue weighted by Crippen LogP contribution is 2.40. The summed E-state index contributed by atoms with van der Waals surface area (Å²) >= 11 is 0. The Bertz CT molecular complexity index is 914. The quantitative estimate of drug-likeness (QED) is 0.461. The molecule has 0 spiro atoms. The van der Waals surface area contributed by atoms with Crippen LogP contribution < -0.4 is 14.4 Å². The highest BCUT2D eigenvalue weighted by atomic mass is 16.5. The molecule has 0 unspecified atom stereocenters. The van der Waals surface area contributed by atoms with Gasteiger partial charge in [-0.2, -0.15) is 0 Å². The molecule has 2 fully saturated rings. The third-order valence-electron chi connectivity index (χ3n) is 5.45. The second-order valence-corrected chi connectivity index (χ2v) is 7.10. The minimum Gasteiger partial charge on any atom is -0.496 e. The Morgan fingerprint density at radius 2 is 1.64 bits per heavy atom. The zero-order valence-corrected chi connectivity index (χ0v) is 15.6. The summed E-state index contributed by atoms with van der Waals surface area (Å²) < 4.78 is 10.7. The maximum absolute atomic E-state index is 12.8. The van der Waals surface area contributed by atoms with Gasteiger partial charge in [0.15, 0.2) is 0 Å². The van der Waals surface area contributed by atoms with Gasteiger partial charge in [0.05, 0.1) is 24.6 Å². The zero-order valence-electron chi connectivity index (χ0n) is 15.6. The first-order valence-electron chi connectivity index (χ1n) is 9.43. The molecule has 1 heterocycles. The molecule has 0 N–H and O–H groups in total. The minimum atomic E-state index is -0.567. The molecular weight excluding hydrogens is 358 g/mol. The number of carbonyl (C=O) groups excluding carboxylic acids is 3. The van der Waals surface area contributed by atoms with Crippen molar-refractivity contribution in [3.8, 4) is 11.5 Å². The molecule has 0 bridgehead atoms. The van der Waals surface area contributed by atoms with Gasteiger partial charge in [-0.3, -0.25) is 9.59 Å². The summed E-state index contributed by atoms with van der Waals surface area (Å²) in [4.78, 5) is 39.3. The van der Waals surface area contributed by atoms with E-state index in [0.29, 0.717) is 17.0 Å². The number of ether oxygens (including phenoxy) is 2. The summed E-state index contributed by atoms with van der Waals surface area (Å²) in [5.74, 6) is -0.628. The molecule has 6 heteroatoms. The molecule has 1 aliphatic carbocycles. The summed E-state index contributed by atoms with van der Waals surface area (Å²) in [5, 5.41) is 0. The fraction of sp³-hybridized carbons (Fsp3) is 0.318. The van der Waals surface area contributed by atoms with Crippen molar-refractivity contribution >= 4 is 23.5 Å². The van der Waals surface area contributed by atoms with Crippen molar-refractivity contribution in [2.24, 2.45) is 11.8 Å². The number of benzene rings is 2. The van der Waals surface area contributed by atoms with Crippen molar-refractivity contribution in [1.29, 1.82) is 0 Å². The normalized spacial score (nSPS) is 21.4. The van der Waals surface area contributed by atoms with Crippen LogP contribution >= 0.6 is 0 Å². The Balaban J connectivity index is 1.57. The van der Waals surface area contributed by atoms with Gasteiger partial charge in [-0.15, -0.1) is 0 Å². The van der Waals surface area contributed by atoms with Crippen molar-refractivity contribution in [2.45, 2.75) is 25.7 Å². The van der Waals surface area contributed by atoms with Crippen molar-refractivity contribution in [1.82, 2.24) is 0 Å². The van der Waals surface area contributed by atoms with Gasteiger partial charge in [0.25, 0.3) is 0 Å². The SMILES string of the molecule is COc1ccccc1C(=O)Oc1cccc(N2C(=O)[C@@H]3CCCC[C@H]3C2=O)c1. The molecule has 2 aromatic rings. The fourth-order valence-corrected chi connectivity index (χ4v) is 4.08. The van der Waals surface area contributed by atoms with Crippen LogP contribution in [0.3, 0.4) is 0 Å². The first-order valence-corrected chi connectivity index (χ1v) is 9.43. The number of nitrogens with zero attached hydrogens (tertiary/aromatic N) is 1. The molecule has 6 nitrogen and oxygen atoms in total. The van der Waals surface area contributed by atoms with Crippen LogP contribution in [0.15, 0.2) is 48.5 Å². The van der Waals surface area contributed by atoms with E-state index in [1.807, 2.05) is 0 Å². The summed E-state index contributed by atoms with van der Waals surface area (Å²) in [5.41, 5.74) is 0.740. The minimum absolute atomic E-state index is 0.150. The molecule has 1 saturated heterocycles. The van der Waals surface area contributed by atoms with Gasteiger partial charge in [-0.25, -0.2) is 9.69 Å². The number of amides is 2. The molecule has 2 aromatic carbocycles. The third kappa shape index (κ3) is 3.15. The number of hydrogen-bond acceptors (Lipinski definition) is 5. The zero-order chi connectivity index (χ0) is 19.7. The van der Waals surface area contributed by atoms with Crippen LogP contribution in [0.4, 0.5) is 5.69 Å². The largest absolute Gasteiger partial charge is 0.496 e. The summed E-state index contributed by atoms with van der Waals surface area (Å²) in [6.45, 7) is 0. The van der Waals surface area contributed by atoms with Gasteiger partial charge in [0.1, 0.15) is 17.1 Å². The number of carbonyl (C=O) groups is 3. The van der Waals surface area contributed by atoms with E-state index in [-0.39, 0.29) is 29.4 Å². The van der Waals surface area contributed by atoms with E-state index in [2.05, 4.69) is 0 Å². The lowest BCUT2D eigenvalue weighted by Crippen LogP contribution is -2.30. The van der Waals surface area contributed by atoms with E-state index in [1.54, 1.807) is 48.5 Å². The molecule has 2 aliphatic rings. The Hall–Kier alpha value is -3.15. The first kappa shape index (κ1) is 18.2. The standard InChI is InChI=1S/C22H21NO5/c1-27-19-12-5-4-11-18(19)22(26)28-15-8-6-7-14(13-15)23-20(24)16-9-2-3-10-17(16)21(23)25/h4-8,11-13,16-17H,2-3,9-10H2,1H3/t16-,17-/m1/s1. The fourth-order valence-electron chi connectivity index (χ4n) is 4.08. The molecule has 1 aliphatic heterocycles. The van der Waals surface area contributed by atoms with Crippen LogP contribution in [0.1, 0.15) is 36.0 Å². The van der Waals surface area contributed by atoms with Crippen molar-refractivity contribution in [3.05, 3.63) is 54.1 Å². The van der Waals surface area contributed by atoms with Crippen LogP contribution in [0.2, 0.25) is 0 Å². The van der Waals surface area contributed by atoms with Gasteiger partial charge in [-0.1, -0.05) is 31.0 Å². The van der Waals surface area contributed by atoms with Crippen LogP contribution in [-0.2, 0) is 9.59 Å². The van der Waals surface area contributed by atoms with E-state index in [9.17, 15) is 14.4 Å². The first-order chi connectivity index (χ1) is 13.6. The van der Waals surface area contributed by atoms with Crippen molar-refractivity contribution < 1.29 is 23.9 Å². The van der Waals surface area contributed by atoms with Gasteiger partial charge in [0.2, 0.25) is 11.8 Å². The van der Waals surface area contributed by atoms with Crippen LogP contribution in [0.5, 0.6) is 11.5 Å². The maximum atomic E-state index is 12.8. The second-order valence-electron chi connectivity index (χ2n) is 7.10. The van der Waals surface area contributed by atoms with E-state index in [1.165, 1.54) is 12.0 Å². The Morgan fingerprint density at radius 1 is 0.964 bits per heavy atom. The lowest BCUT2D eigenvalue weighted by Gasteiger charge is -2.19.